The third-order valence-corrected chi connectivity index (χ3v) is 9.51. The van der Waals surface area contributed by atoms with Crippen LogP contribution in [0.25, 0.3) is 0 Å². The number of carbonyl (C=O) groups excluding carboxylic acids is 2. The second-order valence-corrected chi connectivity index (χ2v) is 12.3. The molecule has 1 aliphatic carbocycles. The average Bonchev–Trinajstić information content (AvgIpc) is 2.38. The Morgan fingerprint density at radius 1 is 0.950 bits per heavy atom. The topological polar surface area (TPSA) is 40.6 Å². The van der Waals surface area contributed by atoms with Gasteiger partial charge in [0, 0.05) is 8.96 Å². The first-order valence-corrected chi connectivity index (χ1v) is 10.5. The molecule has 2 atom stereocenters. The normalized spacial score (nSPS) is 29.4. The van der Waals surface area contributed by atoms with Gasteiger partial charge in [0.1, 0.15) is 0 Å². The molecule has 1 rings (SSSR count). The highest BCUT2D eigenvalue weighted by Crippen LogP contribution is 2.54. The maximum atomic E-state index is 12.6. The number of halogens is 8. The van der Waals surface area contributed by atoms with Gasteiger partial charge in [0.05, 0.1) is 64.6 Å². The van der Waals surface area contributed by atoms with Crippen molar-refractivity contribution in [1.29, 1.82) is 0 Å². The van der Waals surface area contributed by atoms with E-state index in [0.29, 0.717) is 8.96 Å². The Bertz CT molecular complexity index is 519. The molecular weight excluding hydrogens is 795 g/mol. The number of amides is 2. The van der Waals surface area contributed by atoms with E-state index in [-0.39, 0.29) is 0 Å². The Labute approximate surface area is 183 Å². The van der Waals surface area contributed by atoms with Crippen molar-refractivity contribution < 1.29 is 9.59 Å². The third-order valence-electron chi connectivity index (χ3n) is 2.39. The Hall–Kier alpha value is 2.26. The number of hydrogen-bond donors (Lipinski definition) is 0. The van der Waals surface area contributed by atoms with Gasteiger partial charge in [0.25, 0.3) is 11.8 Å². The van der Waals surface area contributed by atoms with Gasteiger partial charge in [-0.3, -0.25) is 9.59 Å². The molecule has 2 unspecified atom stereocenters. The monoisotopic (exact) mass is 789 g/mol. The zero-order valence-electron chi connectivity index (χ0n) is 8.89. The van der Waals surface area contributed by atoms with E-state index in [4.69, 9.17) is 0 Å². The average molecular weight is 797 g/mol. The molecular formula is C8H2Br8N2O2. The van der Waals surface area contributed by atoms with Gasteiger partial charge in [-0.05, 0) is 22.0 Å². The van der Waals surface area contributed by atoms with Crippen molar-refractivity contribution in [2.75, 3.05) is 0 Å². The van der Waals surface area contributed by atoms with Gasteiger partial charge in [-0.15, -0.1) is 0 Å². The van der Waals surface area contributed by atoms with Crippen molar-refractivity contribution >= 4 is 140 Å². The predicted molar refractivity (Wildman–Crippen MR) is 107 cm³/mol. The van der Waals surface area contributed by atoms with E-state index in [0.717, 1.165) is 5.90 Å². The minimum absolute atomic E-state index is 0.447. The van der Waals surface area contributed by atoms with Crippen LogP contribution in [0.4, 0.5) is 0 Å². The highest BCUT2D eigenvalue weighted by molar-refractivity contribution is 9.22. The molecule has 112 valence electrons. The number of nitrogens with zero attached hydrogens (tertiary/aromatic N) is 2. The van der Waals surface area contributed by atoms with Crippen molar-refractivity contribution in [3.05, 3.63) is 21.1 Å². The van der Waals surface area contributed by atoms with Crippen LogP contribution in [0.2, 0.25) is 0 Å². The zero-order valence-corrected chi connectivity index (χ0v) is 21.6. The maximum absolute atomic E-state index is 12.6. The van der Waals surface area contributed by atoms with Crippen molar-refractivity contribution in [3.63, 3.8) is 0 Å². The molecule has 0 saturated heterocycles. The molecule has 0 fully saturated rings. The van der Waals surface area contributed by atoms with Crippen molar-refractivity contribution in [1.82, 2.24) is 5.90 Å². The van der Waals surface area contributed by atoms with Gasteiger partial charge in [-0.25, -0.2) is 5.90 Å². The first kappa shape index (κ1) is 20.3. The zero-order chi connectivity index (χ0) is 15.9. The molecule has 0 aromatic carbocycles. The number of hydrogen-bond acceptors (Lipinski definition) is 2. The summed E-state index contributed by atoms with van der Waals surface area (Å²) < 4.78 is 0.356. The maximum Gasteiger partial charge on any atom is 0.267 e. The quantitative estimate of drug-likeness (QED) is 0.265. The fourth-order valence-electron chi connectivity index (χ4n) is 1.41. The molecule has 12 heteroatoms. The van der Waals surface area contributed by atoms with Crippen molar-refractivity contribution in [2.45, 2.75) is 8.65 Å². The van der Waals surface area contributed by atoms with E-state index < -0.39 is 20.5 Å². The van der Waals surface area contributed by atoms with Crippen LogP contribution in [0.5, 0.6) is 0 Å². The molecule has 0 aromatic rings. The fraction of sp³-hybridized carbons (Fsp3) is 0.250. The predicted octanol–water partition coefficient (Wildman–Crippen LogP) is 5.72. The van der Waals surface area contributed by atoms with Crippen LogP contribution in [-0.2, 0) is 9.59 Å². The summed E-state index contributed by atoms with van der Waals surface area (Å²) in [5, 5.41) is 0. The number of allylic oxidation sites excluding steroid dienone is 2. The lowest BCUT2D eigenvalue weighted by atomic mass is 9.86. The van der Waals surface area contributed by atoms with E-state index in [2.05, 4.69) is 128 Å². The Morgan fingerprint density at radius 2 is 1.40 bits per heavy atom. The first-order valence-electron chi connectivity index (χ1n) is 4.45. The molecule has 0 saturated carbocycles. The number of carbonyl (C=O) groups is 2. The molecule has 0 heterocycles. The summed E-state index contributed by atoms with van der Waals surface area (Å²) in [5.74, 6) is -0.907. The summed E-state index contributed by atoms with van der Waals surface area (Å²) >= 11 is 25.5. The van der Waals surface area contributed by atoms with Crippen LogP contribution in [0.3, 0.4) is 0 Å². The highest BCUT2D eigenvalue weighted by atomic mass is 79.9. The lowest BCUT2D eigenvalue weighted by Gasteiger charge is -2.41. The number of rotatable bonds is 2. The van der Waals surface area contributed by atoms with Crippen LogP contribution in [0.1, 0.15) is 0 Å². The van der Waals surface area contributed by atoms with E-state index >= 15 is 0 Å². The molecule has 20 heavy (non-hydrogen) atoms. The van der Waals surface area contributed by atoms with Crippen LogP contribution < -0.4 is 0 Å². The lowest BCUT2D eigenvalue weighted by molar-refractivity contribution is -0.130. The van der Waals surface area contributed by atoms with Gasteiger partial charge in [0.2, 0.25) is 0 Å². The van der Waals surface area contributed by atoms with Crippen molar-refractivity contribution in [2.24, 2.45) is 0 Å². The van der Waals surface area contributed by atoms with Crippen molar-refractivity contribution in [3.8, 4) is 0 Å². The van der Waals surface area contributed by atoms with Crippen LogP contribution in [0, 0.1) is 0 Å². The molecule has 4 nitrogen and oxygen atoms in total. The second-order valence-electron chi connectivity index (χ2n) is 3.44. The molecule has 2 amide bonds. The molecule has 0 radical (unpaired) electrons. The lowest BCUT2D eigenvalue weighted by Crippen LogP contribution is -2.59. The Kier molecular flexibility index (Phi) is 7.55. The van der Waals surface area contributed by atoms with Crippen LogP contribution >= 0.6 is 128 Å². The Morgan fingerprint density at radius 3 is 1.80 bits per heavy atom. The standard InChI is InChI=1S/C8H2Br8N2O2/c9-3-1-2-7(11,5(19)17(13)14)8(12,4(3)10)6(20)18(15)16/h1-2H. The summed E-state index contributed by atoms with van der Waals surface area (Å²) in [6.07, 6.45) is 3.23. The summed E-state index contributed by atoms with van der Waals surface area (Å²) in [6, 6.07) is 0. The Balaban J connectivity index is 3.57. The van der Waals surface area contributed by atoms with Crippen LogP contribution in [0.15, 0.2) is 21.1 Å². The van der Waals surface area contributed by atoms with Gasteiger partial charge < -0.3 is 0 Å². The van der Waals surface area contributed by atoms with Gasteiger partial charge in [-0.1, -0.05) is 53.9 Å². The minimum Gasteiger partial charge on any atom is -0.271 e. The molecule has 0 bridgehead atoms. The largest absolute Gasteiger partial charge is 0.271 e. The van der Waals surface area contributed by atoms with E-state index in [1.165, 1.54) is 0 Å². The molecule has 1 aliphatic rings. The van der Waals surface area contributed by atoms with E-state index in [1.54, 1.807) is 12.2 Å². The third kappa shape index (κ3) is 3.36. The summed E-state index contributed by atoms with van der Waals surface area (Å²) in [6.45, 7) is 0. The van der Waals surface area contributed by atoms with Gasteiger partial charge in [0.15, 0.2) is 8.65 Å². The second kappa shape index (κ2) is 7.43. The molecule has 0 aromatic heterocycles. The van der Waals surface area contributed by atoms with E-state index in [1.807, 2.05) is 0 Å². The summed E-state index contributed by atoms with van der Waals surface area (Å²) in [5.41, 5.74) is 0. The summed E-state index contributed by atoms with van der Waals surface area (Å²) in [4.78, 5) is 25.0. The van der Waals surface area contributed by atoms with Crippen LogP contribution in [-0.4, -0.2) is 26.4 Å². The van der Waals surface area contributed by atoms with Gasteiger partial charge in [-0.2, -0.15) is 0 Å². The highest BCUT2D eigenvalue weighted by Gasteiger charge is 2.62. The molecule has 0 N–H and O–H groups in total. The minimum atomic E-state index is -1.42. The summed E-state index contributed by atoms with van der Waals surface area (Å²) in [7, 11) is 0. The molecule has 0 aliphatic heterocycles. The number of alkyl halides is 2. The fourth-order valence-corrected chi connectivity index (χ4v) is 6.40. The first-order chi connectivity index (χ1) is 9.00. The SMILES string of the molecule is O=C(N(Br)Br)C1(Br)C=CC(Br)=C(Br)C1(Br)C(=O)N(Br)Br. The van der Waals surface area contributed by atoms with Gasteiger partial charge >= 0.3 is 0 Å². The molecule has 0 spiro atoms. The smallest absolute Gasteiger partial charge is 0.267 e. The van der Waals surface area contributed by atoms with E-state index in [9.17, 15) is 9.59 Å².